The summed E-state index contributed by atoms with van der Waals surface area (Å²) in [4.78, 5) is 45.9. The van der Waals surface area contributed by atoms with Crippen LogP contribution in [0.15, 0.2) is 91.4 Å². The number of hydrogen-bond donors (Lipinski definition) is 0. The molecular formula is C33H28BrN4O6S-. The Hall–Kier alpha value is -4.81. The number of thiophene rings is 1. The Morgan fingerprint density at radius 3 is 2.40 bits per heavy atom. The van der Waals surface area contributed by atoms with Crippen LogP contribution in [0.4, 0.5) is 0 Å². The maximum absolute atomic E-state index is 13.9. The van der Waals surface area contributed by atoms with Gasteiger partial charge >= 0.3 is 5.69 Å². The summed E-state index contributed by atoms with van der Waals surface area (Å²) in [6.07, 6.45) is -0.0704. The quantitative estimate of drug-likeness (QED) is 0.171. The average molecular weight is 689 g/mol. The van der Waals surface area contributed by atoms with Gasteiger partial charge in [0.15, 0.2) is 17.7 Å². The highest BCUT2D eigenvalue weighted by Gasteiger charge is 2.20. The van der Waals surface area contributed by atoms with Gasteiger partial charge in [-0.15, -0.1) is 11.3 Å². The van der Waals surface area contributed by atoms with Gasteiger partial charge in [0.25, 0.3) is 5.56 Å². The van der Waals surface area contributed by atoms with E-state index in [9.17, 15) is 19.5 Å². The third-order valence-electron chi connectivity index (χ3n) is 7.28. The molecule has 0 fully saturated rings. The lowest BCUT2D eigenvalue weighted by Crippen LogP contribution is -2.41. The molecule has 0 aliphatic carbocycles. The summed E-state index contributed by atoms with van der Waals surface area (Å²) < 4.78 is 13.1. The van der Waals surface area contributed by atoms with Crippen molar-refractivity contribution in [3.8, 4) is 34.3 Å². The van der Waals surface area contributed by atoms with E-state index in [0.717, 1.165) is 30.6 Å². The van der Waals surface area contributed by atoms with Crippen molar-refractivity contribution in [2.45, 2.75) is 33.9 Å². The SMILES string of the molecule is C.CCc1cc2c(=O)n(CC(=O)c3ccc(OC)cc3)c(=O)n(Cc3ccc(-c4ccccc4-c4noc([O-])n4)cc3Br)c2s1. The lowest BCUT2D eigenvalue weighted by molar-refractivity contribution is -0.303. The molecule has 10 nitrogen and oxygen atoms in total. The molecule has 0 aliphatic heterocycles. The molecule has 0 N–H and O–H groups in total. The van der Waals surface area contributed by atoms with E-state index in [2.05, 4.69) is 30.6 Å². The molecule has 0 amide bonds. The van der Waals surface area contributed by atoms with E-state index in [0.29, 0.717) is 33.5 Å². The van der Waals surface area contributed by atoms with Gasteiger partial charge in [0, 0.05) is 20.5 Å². The van der Waals surface area contributed by atoms with Crippen LogP contribution in [0.5, 0.6) is 11.8 Å². The summed E-state index contributed by atoms with van der Waals surface area (Å²) in [5.74, 6) is 0.425. The molecule has 0 saturated carbocycles. The zero-order chi connectivity index (χ0) is 31.0. The first kappa shape index (κ1) is 31.6. The Kier molecular flexibility index (Phi) is 9.16. The number of carbonyl (C=O) groups excluding carboxylic acids is 1. The van der Waals surface area contributed by atoms with Crippen molar-refractivity contribution >= 4 is 43.3 Å². The molecule has 12 heteroatoms. The van der Waals surface area contributed by atoms with Gasteiger partial charge in [-0.2, -0.15) is 5.16 Å². The minimum Gasteiger partial charge on any atom is -0.528 e. The number of Topliss-reactive ketones (excluding diaryl/α,β-unsaturated/α-hetero) is 1. The van der Waals surface area contributed by atoms with E-state index in [1.807, 2.05) is 43.3 Å². The van der Waals surface area contributed by atoms with Gasteiger partial charge in [-0.25, -0.2) is 9.78 Å². The number of ketones is 1. The molecule has 0 radical (unpaired) electrons. The fraction of sp³-hybridized carbons (Fsp3) is 0.182. The average Bonchev–Trinajstić information content (AvgIpc) is 3.68. The molecule has 230 valence electrons. The number of benzene rings is 3. The van der Waals surface area contributed by atoms with Crippen molar-refractivity contribution in [2.24, 2.45) is 0 Å². The standard InChI is InChI=1S/C32H25BrN4O6S.CH4/c1-3-22-15-25-29(39)36(17-27(38)18-10-12-21(42-2)13-11-18)32(41)37(30(25)44-22)16-20-9-8-19(14-26(20)33)23-6-4-5-7-24(23)28-34-31(40)43-35-28;/h4-15H,3,16-17H2,1-2H3,(H,34,35,40);1H4/p-1. The van der Waals surface area contributed by atoms with Crippen LogP contribution in [0, 0.1) is 0 Å². The molecule has 0 atom stereocenters. The third-order valence-corrected chi connectivity index (χ3v) is 9.32. The first-order valence-electron chi connectivity index (χ1n) is 13.6. The summed E-state index contributed by atoms with van der Waals surface area (Å²) in [5.41, 5.74) is 2.34. The first-order valence-corrected chi connectivity index (χ1v) is 15.2. The lowest BCUT2D eigenvalue weighted by Gasteiger charge is -2.14. The van der Waals surface area contributed by atoms with E-state index in [-0.39, 0.29) is 25.6 Å². The van der Waals surface area contributed by atoms with Crippen LogP contribution < -0.4 is 21.1 Å². The maximum Gasteiger partial charge on any atom is 0.332 e. The van der Waals surface area contributed by atoms with Crippen molar-refractivity contribution in [2.75, 3.05) is 7.11 Å². The van der Waals surface area contributed by atoms with Crippen LogP contribution >= 0.6 is 27.3 Å². The highest BCUT2D eigenvalue weighted by atomic mass is 79.9. The van der Waals surface area contributed by atoms with E-state index in [1.165, 1.54) is 18.4 Å². The number of halogens is 1. The van der Waals surface area contributed by atoms with Crippen molar-refractivity contribution in [3.05, 3.63) is 114 Å². The highest BCUT2D eigenvalue weighted by Crippen LogP contribution is 2.34. The van der Waals surface area contributed by atoms with Crippen LogP contribution in [-0.2, 0) is 19.5 Å². The number of fused-ring (bicyclic) bond motifs is 1. The van der Waals surface area contributed by atoms with Crippen molar-refractivity contribution in [3.63, 3.8) is 0 Å². The number of hydrogen-bond acceptors (Lipinski definition) is 9. The highest BCUT2D eigenvalue weighted by molar-refractivity contribution is 9.10. The molecule has 0 aliphatic rings. The molecule has 6 aromatic rings. The summed E-state index contributed by atoms with van der Waals surface area (Å²) in [6, 6.07) is 21.4. The number of ether oxygens (including phenoxy) is 1. The van der Waals surface area contributed by atoms with Crippen LogP contribution in [0.1, 0.15) is 35.1 Å². The van der Waals surface area contributed by atoms with Crippen molar-refractivity contribution in [1.82, 2.24) is 19.3 Å². The predicted octanol–water partition coefficient (Wildman–Crippen LogP) is 5.92. The van der Waals surface area contributed by atoms with Gasteiger partial charge in [-0.3, -0.25) is 18.7 Å². The second-order valence-corrected chi connectivity index (χ2v) is 11.9. The van der Waals surface area contributed by atoms with E-state index in [1.54, 1.807) is 41.0 Å². The summed E-state index contributed by atoms with van der Waals surface area (Å²) in [5, 5.41) is 15.7. The normalized spacial score (nSPS) is 11.0. The van der Waals surface area contributed by atoms with E-state index < -0.39 is 23.9 Å². The molecule has 0 unspecified atom stereocenters. The Morgan fingerprint density at radius 2 is 1.76 bits per heavy atom. The summed E-state index contributed by atoms with van der Waals surface area (Å²) >= 11 is 5.06. The second-order valence-electron chi connectivity index (χ2n) is 9.93. The van der Waals surface area contributed by atoms with Crippen molar-refractivity contribution in [1.29, 1.82) is 0 Å². The predicted molar refractivity (Wildman–Crippen MR) is 175 cm³/mol. The monoisotopic (exact) mass is 687 g/mol. The minimum absolute atomic E-state index is 0. The Labute approximate surface area is 270 Å². The Bertz CT molecular complexity index is 2150. The summed E-state index contributed by atoms with van der Waals surface area (Å²) in [6.45, 7) is 1.75. The largest absolute Gasteiger partial charge is 0.528 e. The number of rotatable bonds is 9. The number of carbonyl (C=O) groups is 1. The van der Waals surface area contributed by atoms with Gasteiger partial charge in [-0.05, 0) is 59.5 Å². The fourth-order valence-corrected chi connectivity index (χ4v) is 6.56. The number of methoxy groups -OCH3 is 1. The van der Waals surface area contributed by atoms with Gasteiger partial charge in [0.1, 0.15) is 10.6 Å². The second kappa shape index (κ2) is 13.0. The Balaban J connectivity index is 0.00000400. The topological polar surface area (TPSA) is 132 Å². The van der Waals surface area contributed by atoms with Gasteiger partial charge in [-0.1, -0.05) is 66.7 Å². The van der Waals surface area contributed by atoms with Crippen LogP contribution in [0.25, 0.3) is 32.7 Å². The number of nitrogens with zero attached hydrogens (tertiary/aromatic N) is 4. The molecule has 0 saturated heterocycles. The van der Waals surface area contributed by atoms with Crippen molar-refractivity contribution < 1.29 is 19.2 Å². The molecule has 6 rings (SSSR count). The molecular weight excluding hydrogens is 660 g/mol. The van der Waals surface area contributed by atoms with Gasteiger partial charge in [0.2, 0.25) is 0 Å². The van der Waals surface area contributed by atoms with E-state index >= 15 is 0 Å². The molecule has 3 aromatic heterocycles. The third kappa shape index (κ3) is 6.11. The smallest absolute Gasteiger partial charge is 0.332 e. The van der Waals surface area contributed by atoms with Crippen LogP contribution in [0.2, 0.25) is 0 Å². The van der Waals surface area contributed by atoms with Crippen LogP contribution in [-0.4, -0.2) is 32.2 Å². The minimum atomic E-state index is -0.769. The molecule has 0 spiro atoms. The maximum atomic E-state index is 13.9. The van der Waals surface area contributed by atoms with E-state index in [4.69, 9.17) is 4.74 Å². The number of aromatic nitrogens is 4. The number of aryl methyl sites for hydroxylation is 1. The zero-order valence-electron chi connectivity index (χ0n) is 23.6. The van der Waals surface area contributed by atoms with Gasteiger partial charge < -0.3 is 14.4 Å². The Morgan fingerprint density at radius 1 is 1.02 bits per heavy atom. The zero-order valence-corrected chi connectivity index (χ0v) is 26.0. The van der Waals surface area contributed by atoms with Crippen LogP contribution in [0.3, 0.4) is 0 Å². The first-order chi connectivity index (χ1) is 21.3. The molecule has 45 heavy (non-hydrogen) atoms. The molecule has 0 bridgehead atoms. The summed E-state index contributed by atoms with van der Waals surface area (Å²) in [7, 11) is 1.53. The lowest BCUT2D eigenvalue weighted by atomic mass is 9.98. The molecule has 3 heterocycles. The fourth-order valence-electron chi connectivity index (χ4n) is 4.98. The van der Waals surface area contributed by atoms with Gasteiger partial charge in [0.05, 0.1) is 25.6 Å². The molecule has 3 aromatic carbocycles.